The van der Waals surface area contributed by atoms with E-state index < -0.39 is 41.3 Å². The van der Waals surface area contributed by atoms with Gasteiger partial charge in [-0.15, -0.1) is 12.4 Å². The van der Waals surface area contributed by atoms with Gasteiger partial charge in [0.2, 0.25) is 5.89 Å². The largest absolute Gasteiger partial charge is 0.459 e. The van der Waals surface area contributed by atoms with E-state index in [-0.39, 0.29) is 29.4 Å². The molecule has 2 N–H and O–H groups in total. The number of halogens is 6. The van der Waals surface area contributed by atoms with Crippen LogP contribution in [0.25, 0.3) is 22.6 Å². The summed E-state index contributed by atoms with van der Waals surface area (Å²) in [5, 5.41) is 0.370. The summed E-state index contributed by atoms with van der Waals surface area (Å²) in [6, 6.07) is 5.43. The first-order chi connectivity index (χ1) is 13.1. The maximum Gasteiger partial charge on any atom is 0.310 e. The number of benzene rings is 2. The van der Waals surface area contributed by atoms with Gasteiger partial charge >= 0.3 is 5.92 Å². The zero-order valence-electron chi connectivity index (χ0n) is 14.7. The van der Waals surface area contributed by atoms with Crippen LogP contribution in [-0.2, 0) is 10.3 Å². The number of oxazole rings is 1. The topological polar surface area (TPSA) is 73.6 Å². The number of rotatable bonds is 2. The summed E-state index contributed by atoms with van der Waals surface area (Å²) in [7, 11) is 0. The van der Waals surface area contributed by atoms with Crippen molar-refractivity contribution in [3.05, 3.63) is 52.6 Å². The zero-order chi connectivity index (χ0) is 20.3. The zero-order valence-corrected chi connectivity index (χ0v) is 16.3. The van der Waals surface area contributed by atoms with Crippen molar-refractivity contribution in [2.75, 3.05) is 6.61 Å². The Bertz CT molecular complexity index is 1140. The van der Waals surface area contributed by atoms with Gasteiger partial charge in [-0.25, -0.2) is 18.8 Å². The fourth-order valence-electron chi connectivity index (χ4n) is 3.00. The van der Waals surface area contributed by atoms with Crippen LogP contribution in [0.15, 0.2) is 39.7 Å². The molecule has 0 fully saturated rings. The van der Waals surface area contributed by atoms with E-state index in [0.717, 1.165) is 13.0 Å². The molecule has 1 aliphatic rings. The minimum Gasteiger partial charge on any atom is -0.459 e. The fourth-order valence-corrected chi connectivity index (χ4v) is 3.16. The number of nitrogens with zero attached hydrogens (tertiary/aromatic N) is 2. The van der Waals surface area contributed by atoms with Crippen LogP contribution in [0.1, 0.15) is 12.5 Å². The Morgan fingerprint density at radius 1 is 1.14 bits per heavy atom. The Morgan fingerprint density at radius 3 is 2.59 bits per heavy atom. The molecule has 0 bridgehead atoms. The molecule has 1 atom stereocenters. The highest BCUT2D eigenvalue weighted by Gasteiger charge is 2.56. The van der Waals surface area contributed by atoms with E-state index in [1.54, 1.807) is 12.1 Å². The normalized spacial score (nSPS) is 20.7. The average molecular weight is 450 g/mol. The van der Waals surface area contributed by atoms with Crippen molar-refractivity contribution < 1.29 is 26.7 Å². The summed E-state index contributed by atoms with van der Waals surface area (Å²) < 4.78 is 68.1. The lowest BCUT2D eigenvalue weighted by atomic mass is 9.84. The van der Waals surface area contributed by atoms with E-state index in [1.807, 2.05) is 0 Å². The Labute approximate surface area is 172 Å². The Morgan fingerprint density at radius 2 is 1.86 bits per heavy atom. The van der Waals surface area contributed by atoms with Gasteiger partial charge in [0.25, 0.3) is 6.02 Å². The second kappa shape index (κ2) is 7.07. The third kappa shape index (κ3) is 3.38. The highest BCUT2D eigenvalue weighted by Crippen LogP contribution is 2.45. The molecule has 2 aromatic carbocycles. The second-order valence-electron chi connectivity index (χ2n) is 6.46. The van der Waals surface area contributed by atoms with Crippen LogP contribution in [0, 0.1) is 11.6 Å². The van der Waals surface area contributed by atoms with Gasteiger partial charge < -0.3 is 14.9 Å². The molecule has 0 radical (unpaired) electrons. The van der Waals surface area contributed by atoms with Gasteiger partial charge in [-0.2, -0.15) is 8.78 Å². The minimum absolute atomic E-state index is 0. The summed E-state index contributed by atoms with van der Waals surface area (Å²) >= 11 is 5.88. The maximum absolute atomic E-state index is 14.5. The van der Waals surface area contributed by atoms with Gasteiger partial charge in [0, 0.05) is 22.7 Å². The van der Waals surface area contributed by atoms with Crippen LogP contribution in [-0.4, -0.2) is 23.5 Å². The molecule has 2 heterocycles. The number of nitrogens with two attached hydrogens (primary N) is 1. The molecule has 0 saturated carbocycles. The van der Waals surface area contributed by atoms with E-state index in [1.165, 1.54) is 6.07 Å². The van der Waals surface area contributed by atoms with Crippen molar-refractivity contribution in [2.24, 2.45) is 10.7 Å². The standard InChI is InChI=1S/C18H12ClF4N3O2.ClH/c1-17(18(22,23)7-27-16(24)26-17)10-5-9(11(20)6-12(10)21)15-25-13-3-2-8(19)4-14(13)28-15;/h2-6H,7H2,1H3,(H2,24,26);1H. The van der Waals surface area contributed by atoms with Gasteiger partial charge in [-0.05, 0) is 25.1 Å². The number of alkyl halides is 2. The van der Waals surface area contributed by atoms with Gasteiger partial charge in [-0.3, -0.25) is 0 Å². The lowest BCUT2D eigenvalue weighted by molar-refractivity contribution is -0.117. The number of amidine groups is 1. The predicted molar refractivity (Wildman–Crippen MR) is 101 cm³/mol. The SMILES string of the molecule is CC1(c2cc(-c3nc4ccc(Cl)cc4o3)c(F)cc2F)N=C(N)OCC1(F)F.Cl. The summed E-state index contributed by atoms with van der Waals surface area (Å²) in [4.78, 5) is 7.72. The van der Waals surface area contributed by atoms with Gasteiger partial charge in [0.1, 0.15) is 17.2 Å². The molecule has 1 aromatic heterocycles. The number of aliphatic imine (C=N–C) groups is 1. The first-order valence-corrected chi connectivity index (χ1v) is 8.40. The Kier molecular flexibility index (Phi) is 5.17. The molecule has 5 nitrogen and oxygen atoms in total. The lowest BCUT2D eigenvalue weighted by Gasteiger charge is -2.37. The highest BCUT2D eigenvalue weighted by molar-refractivity contribution is 6.31. The van der Waals surface area contributed by atoms with Crippen LogP contribution in [0.5, 0.6) is 0 Å². The molecule has 3 aromatic rings. The molecule has 1 unspecified atom stereocenters. The maximum atomic E-state index is 14.5. The molecule has 154 valence electrons. The van der Waals surface area contributed by atoms with E-state index in [9.17, 15) is 17.6 Å². The quantitative estimate of drug-likeness (QED) is 0.555. The summed E-state index contributed by atoms with van der Waals surface area (Å²) in [6.45, 7) is -0.0965. The predicted octanol–water partition coefficient (Wildman–Crippen LogP) is 5.04. The highest BCUT2D eigenvalue weighted by atomic mass is 35.5. The van der Waals surface area contributed by atoms with Crippen molar-refractivity contribution in [3.8, 4) is 11.5 Å². The third-order valence-electron chi connectivity index (χ3n) is 4.61. The van der Waals surface area contributed by atoms with E-state index in [4.69, 9.17) is 21.8 Å². The number of fused-ring (bicyclic) bond motifs is 1. The van der Waals surface area contributed by atoms with Crippen molar-refractivity contribution in [1.29, 1.82) is 0 Å². The first-order valence-electron chi connectivity index (χ1n) is 8.03. The number of aromatic nitrogens is 1. The van der Waals surface area contributed by atoms with Crippen LogP contribution >= 0.6 is 24.0 Å². The van der Waals surface area contributed by atoms with Gasteiger partial charge in [0.15, 0.2) is 17.7 Å². The van der Waals surface area contributed by atoms with E-state index in [0.29, 0.717) is 16.6 Å². The summed E-state index contributed by atoms with van der Waals surface area (Å²) in [5.74, 6) is -6.05. The molecule has 4 rings (SSSR count). The van der Waals surface area contributed by atoms with E-state index in [2.05, 4.69) is 14.7 Å². The smallest absolute Gasteiger partial charge is 0.310 e. The van der Waals surface area contributed by atoms with Crippen molar-refractivity contribution in [2.45, 2.75) is 18.4 Å². The molecule has 29 heavy (non-hydrogen) atoms. The average Bonchev–Trinajstić information content (AvgIpc) is 3.01. The van der Waals surface area contributed by atoms with Crippen molar-refractivity contribution in [1.82, 2.24) is 4.98 Å². The summed E-state index contributed by atoms with van der Waals surface area (Å²) in [5.41, 5.74) is 2.77. The monoisotopic (exact) mass is 449 g/mol. The molecule has 0 amide bonds. The molecule has 0 saturated heterocycles. The Hall–Kier alpha value is -2.52. The molecule has 11 heteroatoms. The van der Waals surface area contributed by atoms with Crippen LogP contribution < -0.4 is 5.73 Å². The summed E-state index contributed by atoms with van der Waals surface area (Å²) in [6.07, 6.45) is 0. The third-order valence-corrected chi connectivity index (χ3v) is 4.84. The van der Waals surface area contributed by atoms with Crippen molar-refractivity contribution >= 4 is 41.1 Å². The second-order valence-corrected chi connectivity index (χ2v) is 6.89. The van der Waals surface area contributed by atoms with Crippen molar-refractivity contribution in [3.63, 3.8) is 0 Å². The number of ether oxygens (including phenoxy) is 1. The molecule has 0 spiro atoms. The van der Waals surface area contributed by atoms with Gasteiger partial charge in [0.05, 0.1) is 5.56 Å². The molecular weight excluding hydrogens is 437 g/mol. The van der Waals surface area contributed by atoms with Crippen LogP contribution in [0.4, 0.5) is 17.6 Å². The Balaban J connectivity index is 0.00000240. The fraction of sp³-hybridized carbons (Fsp3) is 0.222. The molecule has 0 aliphatic carbocycles. The molecule has 1 aliphatic heterocycles. The van der Waals surface area contributed by atoms with Gasteiger partial charge in [-0.1, -0.05) is 11.6 Å². The number of hydrogen-bond donors (Lipinski definition) is 1. The van der Waals surface area contributed by atoms with Crippen LogP contribution in [0.2, 0.25) is 5.02 Å². The molecular formula is C18H13Cl2F4N3O2. The first kappa shape index (κ1) is 21.2. The van der Waals surface area contributed by atoms with Crippen LogP contribution in [0.3, 0.4) is 0 Å². The van der Waals surface area contributed by atoms with E-state index >= 15 is 0 Å². The lowest BCUT2D eigenvalue weighted by Crippen LogP contribution is -2.51. The minimum atomic E-state index is -3.60. The number of hydrogen-bond acceptors (Lipinski definition) is 5.